The molecule has 0 saturated heterocycles. The van der Waals surface area contributed by atoms with E-state index in [0.29, 0.717) is 36.4 Å². The van der Waals surface area contributed by atoms with Gasteiger partial charge in [-0.3, -0.25) is 9.36 Å². The predicted octanol–water partition coefficient (Wildman–Crippen LogP) is 3.36. The Morgan fingerprint density at radius 2 is 1.96 bits per heavy atom. The second kappa shape index (κ2) is 8.06. The minimum Gasteiger partial charge on any atom is -0.385 e. The summed E-state index contributed by atoms with van der Waals surface area (Å²) in [5.41, 5.74) is 5.49. The summed E-state index contributed by atoms with van der Waals surface area (Å²) in [6.07, 6.45) is 4.33. The van der Waals surface area contributed by atoms with Gasteiger partial charge in [0, 0.05) is 42.9 Å². The zero-order valence-electron chi connectivity index (χ0n) is 15.6. The highest BCUT2D eigenvalue weighted by atomic mass is 16.5. The van der Waals surface area contributed by atoms with Crippen LogP contribution in [-0.2, 0) is 11.3 Å². The Balaban J connectivity index is 1.66. The van der Waals surface area contributed by atoms with Crippen LogP contribution in [-0.4, -0.2) is 34.5 Å². The van der Waals surface area contributed by atoms with Crippen molar-refractivity contribution in [1.29, 1.82) is 0 Å². The van der Waals surface area contributed by atoms with Crippen LogP contribution in [0.5, 0.6) is 0 Å². The molecule has 2 heterocycles. The Morgan fingerprint density at radius 1 is 1.18 bits per heavy atom. The lowest BCUT2D eigenvalue weighted by molar-refractivity contribution is 0.190. The van der Waals surface area contributed by atoms with E-state index in [1.165, 1.54) is 0 Å². The van der Waals surface area contributed by atoms with Gasteiger partial charge in [0.25, 0.3) is 5.56 Å². The summed E-state index contributed by atoms with van der Waals surface area (Å²) < 4.78 is 6.72. The number of hydrazone groups is 1. The van der Waals surface area contributed by atoms with Crippen molar-refractivity contribution < 1.29 is 4.74 Å². The number of aromatic amines is 1. The third-order valence-electron chi connectivity index (χ3n) is 4.58. The fraction of sp³-hybridized carbons (Fsp3) is 0.190. The lowest BCUT2D eigenvalue weighted by atomic mass is 10.2. The third kappa shape index (κ3) is 3.52. The number of benzene rings is 2. The smallest absolute Gasteiger partial charge is 0.262 e. The van der Waals surface area contributed by atoms with Crippen molar-refractivity contribution in [2.75, 3.05) is 19.1 Å². The Labute approximate surface area is 161 Å². The maximum atomic E-state index is 12.9. The number of nitrogens with zero attached hydrogens (tertiary/aromatic N) is 3. The number of aromatic nitrogens is 3. The molecular weight excluding hydrogens is 354 g/mol. The number of hydrogen-bond donors (Lipinski definition) is 2. The van der Waals surface area contributed by atoms with E-state index in [1.807, 2.05) is 48.7 Å². The van der Waals surface area contributed by atoms with Gasteiger partial charge in [-0.2, -0.15) is 5.10 Å². The minimum atomic E-state index is -0.0912. The molecule has 0 radical (unpaired) electrons. The first-order chi connectivity index (χ1) is 13.8. The van der Waals surface area contributed by atoms with Crippen molar-refractivity contribution in [3.05, 3.63) is 70.6 Å². The van der Waals surface area contributed by atoms with Crippen LogP contribution in [0.3, 0.4) is 0 Å². The predicted molar refractivity (Wildman–Crippen MR) is 112 cm³/mol. The number of hydrogen-bond acceptors (Lipinski definition) is 5. The first-order valence-corrected chi connectivity index (χ1v) is 9.11. The Kier molecular flexibility index (Phi) is 5.16. The van der Waals surface area contributed by atoms with Gasteiger partial charge in [0.05, 0.1) is 17.1 Å². The number of anilines is 1. The summed E-state index contributed by atoms with van der Waals surface area (Å²) in [6.45, 7) is 1.06. The number of rotatable bonds is 7. The third-order valence-corrected chi connectivity index (χ3v) is 4.58. The molecule has 7 nitrogen and oxygen atoms in total. The van der Waals surface area contributed by atoms with Crippen molar-refractivity contribution >= 4 is 34.0 Å². The molecule has 28 heavy (non-hydrogen) atoms. The van der Waals surface area contributed by atoms with Crippen LogP contribution >= 0.6 is 0 Å². The summed E-state index contributed by atoms with van der Waals surface area (Å²) in [5.74, 6) is 0.413. The van der Waals surface area contributed by atoms with Gasteiger partial charge in [0.15, 0.2) is 0 Å². The first kappa shape index (κ1) is 17.9. The number of fused-ring (bicyclic) bond motifs is 2. The standard InChI is InChI=1S/C21H21N5O2/c1-28-12-6-11-26-20(27)17-8-3-5-10-19(17)24-21(26)25-23-14-15-13-22-18-9-4-2-7-16(15)18/h2-5,7-10,13-14,22H,6,11-12H2,1H3,(H,24,25)/b23-14+. The molecule has 0 aliphatic rings. The molecule has 0 bridgehead atoms. The number of para-hydroxylation sites is 2. The SMILES string of the molecule is COCCCn1c(N/N=C/c2c[nH]c3ccccc23)nc2ccccc2c1=O. The lowest BCUT2D eigenvalue weighted by Gasteiger charge is -2.12. The summed E-state index contributed by atoms with van der Waals surface area (Å²) in [7, 11) is 1.64. The minimum absolute atomic E-state index is 0.0912. The molecule has 4 rings (SSSR count). The monoisotopic (exact) mass is 375 g/mol. The lowest BCUT2D eigenvalue weighted by Crippen LogP contribution is -2.24. The molecule has 0 amide bonds. The van der Waals surface area contributed by atoms with Gasteiger partial charge in [-0.25, -0.2) is 10.4 Å². The molecule has 0 aliphatic heterocycles. The van der Waals surface area contributed by atoms with Crippen LogP contribution in [0.4, 0.5) is 5.95 Å². The van der Waals surface area contributed by atoms with Crippen molar-refractivity contribution in [2.45, 2.75) is 13.0 Å². The van der Waals surface area contributed by atoms with Gasteiger partial charge in [0.1, 0.15) is 0 Å². The average Bonchev–Trinajstić information content (AvgIpc) is 3.13. The highest BCUT2D eigenvalue weighted by Gasteiger charge is 2.10. The van der Waals surface area contributed by atoms with Crippen LogP contribution in [0.15, 0.2) is 64.6 Å². The molecule has 0 aliphatic carbocycles. The average molecular weight is 375 g/mol. The van der Waals surface area contributed by atoms with Gasteiger partial charge in [-0.15, -0.1) is 0 Å². The fourth-order valence-electron chi connectivity index (χ4n) is 3.19. The second-order valence-electron chi connectivity index (χ2n) is 6.42. The molecular formula is C21H21N5O2. The normalized spacial score (nSPS) is 11.6. The van der Waals surface area contributed by atoms with Crippen LogP contribution in [0, 0.1) is 0 Å². The maximum absolute atomic E-state index is 12.9. The maximum Gasteiger partial charge on any atom is 0.262 e. The Morgan fingerprint density at radius 3 is 2.82 bits per heavy atom. The quantitative estimate of drug-likeness (QED) is 0.295. The summed E-state index contributed by atoms with van der Waals surface area (Å²) in [6, 6.07) is 15.3. The van der Waals surface area contributed by atoms with Crippen LogP contribution in [0.25, 0.3) is 21.8 Å². The number of H-pyrrole nitrogens is 1. The van der Waals surface area contributed by atoms with Crippen molar-refractivity contribution in [3.63, 3.8) is 0 Å². The van der Waals surface area contributed by atoms with Gasteiger partial charge in [0.2, 0.25) is 5.95 Å². The fourth-order valence-corrected chi connectivity index (χ4v) is 3.19. The van der Waals surface area contributed by atoms with E-state index in [9.17, 15) is 4.79 Å². The highest BCUT2D eigenvalue weighted by molar-refractivity contribution is 5.99. The summed E-state index contributed by atoms with van der Waals surface area (Å²) in [4.78, 5) is 20.7. The number of nitrogens with one attached hydrogen (secondary N) is 2. The highest BCUT2D eigenvalue weighted by Crippen LogP contribution is 2.16. The molecule has 2 aromatic carbocycles. The van der Waals surface area contributed by atoms with Gasteiger partial charge < -0.3 is 9.72 Å². The van der Waals surface area contributed by atoms with E-state index in [0.717, 1.165) is 16.5 Å². The topological polar surface area (TPSA) is 84.3 Å². The van der Waals surface area contributed by atoms with E-state index in [2.05, 4.69) is 20.5 Å². The molecule has 2 N–H and O–H groups in total. The summed E-state index contributed by atoms with van der Waals surface area (Å²) in [5, 5.41) is 5.99. The largest absolute Gasteiger partial charge is 0.385 e. The van der Waals surface area contributed by atoms with Crippen LogP contribution in [0.1, 0.15) is 12.0 Å². The first-order valence-electron chi connectivity index (χ1n) is 9.11. The second-order valence-corrected chi connectivity index (χ2v) is 6.42. The van der Waals surface area contributed by atoms with Crippen molar-refractivity contribution in [3.8, 4) is 0 Å². The molecule has 4 aromatic rings. The van der Waals surface area contributed by atoms with E-state index in [4.69, 9.17) is 4.74 Å². The van der Waals surface area contributed by atoms with Crippen molar-refractivity contribution in [1.82, 2.24) is 14.5 Å². The Bertz CT molecular complexity index is 1190. The van der Waals surface area contributed by atoms with E-state index < -0.39 is 0 Å². The van der Waals surface area contributed by atoms with Crippen LogP contribution in [0.2, 0.25) is 0 Å². The van der Waals surface area contributed by atoms with Crippen molar-refractivity contribution in [2.24, 2.45) is 5.10 Å². The van der Waals surface area contributed by atoms with E-state index in [-0.39, 0.29) is 5.56 Å². The molecule has 0 saturated carbocycles. The summed E-state index contributed by atoms with van der Waals surface area (Å²) >= 11 is 0. The molecule has 142 valence electrons. The van der Waals surface area contributed by atoms with E-state index >= 15 is 0 Å². The molecule has 7 heteroatoms. The number of ether oxygens (including phenoxy) is 1. The van der Waals surface area contributed by atoms with Crippen LogP contribution < -0.4 is 11.0 Å². The van der Waals surface area contributed by atoms with E-state index in [1.54, 1.807) is 24.0 Å². The zero-order chi connectivity index (χ0) is 19.3. The number of methoxy groups -OCH3 is 1. The zero-order valence-corrected chi connectivity index (χ0v) is 15.6. The molecule has 2 aromatic heterocycles. The van der Waals surface area contributed by atoms with Gasteiger partial charge in [-0.05, 0) is 24.6 Å². The molecule has 0 spiro atoms. The Hall–Kier alpha value is -3.45. The molecule has 0 fully saturated rings. The van der Waals surface area contributed by atoms with Gasteiger partial charge in [-0.1, -0.05) is 30.3 Å². The molecule has 0 atom stereocenters. The van der Waals surface area contributed by atoms with Gasteiger partial charge >= 0.3 is 0 Å². The molecule has 0 unspecified atom stereocenters.